The van der Waals surface area contributed by atoms with Crippen LogP contribution in [0.2, 0.25) is 0 Å². The summed E-state index contributed by atoms with van der Waals surface area (Å²) in [6.45, 7) is 0. The van der Waals surface area contributed by atoms with Crippen LogP contribution in [-0.2, 0) is 11.8 Å². The minimum atomic E-state index is -2.73. The molecule has 0 amide bonds. The summed E-state index contributed by atoms with van der Waals surface area (Å²) in [5, 5.41) is 10.9. The molecule has 3 aromatic heterocycles. The first-order valence-electron chi connectivity index (χ1n) is 20.0. The molecule has 3 heterocycles. The van der Waals surface area contributed by atoms with Crippen LogP contribution in [0.15, 0.2) is 218 Å². The van der Waals surface area contributed by atoms with Crippen molar-refractivity contribution in [1.82, 2.24) is 13.7 Å². The Morgan fingerprint density at radius 1 is 0.254 bits per heavy atom. The molecule has 12 aromatic rings. The van der Waals surface area contributed by atoms with Gasteiger partial charge in [-0.25, -0.2) is 0 Å². The van der Waals surface area contributed by atoms with Crippen LogP contribution in [-0.4, -0.2) is 13.7 Å². The molecule has 0 radical (unpaired) electrons. The van der Waals surface area contributed by atoms with Crippen LogP contribution in [0.4, 0.5) is 0 Å². The van der Waals surface area contributed by atoms with Gasteiger partial charge in [-0.05, 0) is 88.7 Å². The highest BCUT2D eigenvalue weighted by Crippen LogP contribution is 2.45. The van der Waals surface area contributed by atoms with Crippen molar-refractivity contribution in [2.24, 2.45) is 0 Å². The Kier molecular flexibility index (Phi) is 7.68. The van der Waals surface area contributed by atoms with Gasteiger partial charge in [-0.2, -0.15) is 0 Å². The Morgan fingerprint density at radius 2 is 0.475 bits per heavy atom. The average Bonchev–Trinajstić information content (AvgIpc) is 3.95. The first kappa shape index (κ1) is 34.1. The second-order valence-electron chi connectivity index (χ2n) is 15.3. The van der Waals surface area contributed by atoms with Gasteiger partial charge >= 0.3 is 0 Å². The predicted octanol–water partition coefficient (Wildman–Crippen LogP) is 12.7. The van der Waals surface area contributed by atoms with Crippen LogP contribution in [0, 0.1) is 0 Å². The second kappa shape index (κ2) is 13.3. The minimum absolute atomic E-state index is 1.10. The summed E-state index contributed by atoms with van der Waals surface area (Å²) in [4.78, 5) is 0. The Balaban J connectivity index is 1.12. The average molecular weight is 790 g/mol. The molecule has 5 heteroatoms. The summed E-state index contributed by atoms with van der Waals surface area (Å²) in [6, 6.07) is 76.7. The molecule has 12 rings (SSSR count). The summed E-state index contributed by atoms with van der Waals surface area (Å²) in [5.41, 5.74) is 10.4. The van der Waals surface area contributed by atoms with Gasteiger partial charge in [-0.1, -0.05) is 157 Å². The zero-order valence-electron chi connectivity index (χ0n) is 32.0. The summed E-state index contributed by atoms with van der Waals surface area (Å²) in [7, 11) is 0. The van der Waals surface area contributed by atoms with Crippen LogP contribution in [0.3, 0.4) is 0 Å². The molecule has 278 valence electrons. The van der Waals surface area contributed by atoms with E-state index < -0.39 is 6.04 Å². The first-order valence-corrected chi connectivity index (χ1v) is 22.8. The van der Waals surface area contributed by atoms with Crippen LogP contribution in [0.5, 0.6) is 0 Å². The van der Waals surface area contributed by atoms with E-state index in [1.54, 1.807) is 0 Å². The number of benzene rings is 9. The van der Waals surface area contributed by atoms with Crippen molar-refractivity contribution in [3.8, 4) is 17.1 Å². The third-order valence-electron chi connectivity index (χ3n) is 12.1. The van der Waals surface area contributed by atoms with E-state index in [0.717, 1.165) is 33.0 Å². The highest BCUT2D eigenvalue weighted by Gasteiger charge is 2.28. The lowest BCUT2D eigenvalue weighted by Crippen LogP contribution is -2.26. The lowest BCUT2D eigenvalue weighted by atomic mass is 10.2. The topological polar surface area (TPSA) is 14.8 Å². The van der Waals surface area contributed by atoms with Gasteiger partial charge in [0.05, 0.1) is 33.1 Å². The molecule has 0 spiro atoms. The fourth-order valence-electron chi connectivity index (χ4n) is 9.53. The van der Waals surface area contributed by atoms with Crippen molar-refractivity contribution in [3.05, 3.63) is 218 Å². The normalized spacial score (nSPS) is 12.1. The van der Waals surface area contributed by atoms with Crippen LogP contribution in [0.1, 0.15) is 0 Å². The van der Waals surface area contributed by atoms with Gasteiger partial charge in [0.25, 0.3) is 0 Å². The van der Waals surface area contributed by atoms with Crippen LogP contribution >= 0.6 is 6.04 Å². The molecule has 9 aromatic carbocycles. The molecule has 0 unspecified atom stereocenters. The van der Waals surface area contributed by atoms with E-state index in [9.17, 15) is 0 Å². The molecule has 0 aliphatic heterocycles. The molecule has 0 N–H and O–H groups in total. The van der Waals surface area contributed by atoms with Crippen LogP contribution < -0.4 is 15.9 Å². The molecule has 0 saturated carbocycles. The molecular weight excluding hydrogens is 754 g/mol. The first-order chi connectivity index (χ1) is 29.2. The summed E-state index contributed by atoms with van der Waals surface area (Å²) in [5.74, 6) is 0. The molecule has 0 aliphatic rings. The standard InChI is InChI=1S/C54H36N3PS/c59-58(40-19-13-16-37(34-40)55-49-28-7-1-22-43(49)44-23-2-8-29-50(44)55,41-20-14-17-38(35-41)56-51-30-9-3-24-45(51)46-25-4-10-31-52(46)56)42-21-15-18-39(36-42)57-53-32-11-5-26-47(53)48-27-6-12-33-54(48)57/h1-36H. The molecule has 0 bridgehead atoms. The van der Waals surface area contributed by atoms with Gasteiger partial charge < -0.3 is 13.7 Å². The van der Waals surface area contributed by atoms with Gasteiger partial charge in [0.1, 0.15) is 0 Å². The molecule has 0 saturated heterocycles. The Hall–Kier alpha value is -6.97. The SMILES string of the molecule is S=P(c1cccc(-n2c3ccccc3c3ccccc32)c1)(c1cccc(-n2c3ccccc3c3ccccc32)c1)c1cccc(-n2c3ccccc3c3ccccc32)c1. The van der Waals surface area contributed by atoms with Gasteiger partial charge in [-0.3, -0.25) is 0 Å². The quantitative estimate of drug-likeness (QED) is 0.153. The predicted molar refractivity (Wildman–Crippen MR) is 256 cm³/mol. The number of nitrogens with zero attached hydrogens (tertiary/aromatic N) is 3. The number of para-hydroxylation sites is 6. The van der Waals surface area contributed by atoms with E-state index in [0.29, 0.717) is 0 Å². The van der Waals surface area contributed by atoms with Gasteiger partial charge in [-0.15, -0.1) is 0 Å². The highest BCUT2D eigenvalue weighted by molar-refractivity contribution is 8.25. The van der Waals surface area contributed by atoms with E-state index in [1.807, 2.05) is 0 Å². The van der Waals surface area contributed by atoms with Crippen LogP contribution in [0.25, 0.3) is 82.5 Å². The summed E-state index contributed by atoms with van der Waals surface area (Å²) in [6.07, 6.45) is 0. The van der Waals surface area contributed by atoms with Gasteiger partial charge in [0, 0.05) is 55.4 Å². The number of rotatable bonds is 6. The number of hydrogen-bond acceptors (Lipinski definition) is 1. The molecule has 0 atom stereocenters. The molecule has 59 heavy (non-hydrogen) atoms. The van der Waals surface area contributed by atoms with Crippen molar-refractivity contribution >= 4 is 99.2 Å². The molecule has 3 nitrogen and oxygen atoms in total. The third kappa shape index (κ3) is 5.10. The minimum Gasteiger partial charge on any atom is -0.309 e. The largest absolute Gasteiger partial charge is 0.309 e. The molecule has 0 fully saturated rings. The summed E-state index contributed by atoms with van der Waals surface area (Å²) < 4.78 is 7.20. The van der Waals surface area contributed by atoms with Crippen molar-refractivity contribution in [3.63, 3.8) is 0 Å². The number of fused-ring (bicyclic) bond motifs is 9. The van der Waals surface area contributed by atoms with E-state index in [2.05, 4.69) is 232 Å². The maximum atomic E-state index is 7.33. The number of hydrogen-bond donors (Lipinski definition) is 0. The van der Waals surface area contributed by atoms with Gasteiger partial charge in [0.15, 0.2) is 0 Å². The van der Waals surface area contributed by atoms with Crippen molar-refractivity contribution in [1.29, 1.82) is 0 Å². The zero-order chi connectivity index (χ0) is 39.1. The Morgan fingerprint density at radius 3 is 0.712 bits per heavy atom. The second-order valence-corrected chi connectivity index (χ2v) is 19.7. The maximum Gasteiger partial charge on any atom is 0.0541 e. The smallest absolute Gasteiger partial charge is 0.0541 e. The maximum absolute atomic E-state index is 7.33. The van der Waals surface area contributed by atoms with Crippen molar-refractivity contribution in [2.45, 2.75) is 0 Å². The molecular formula is C54H36N3PS. The van der Waals surface area contributed by atoms with E-state index in [4.69, 9.17) is 11.8 Å². The number of aromatic nitrogens is 3. The van der Waals surface area contributed by atoms with E-state index in [-0.39, 0.29) is 0 Å². The monoisotopic (exact) mass is 789 g/mol. The lowest BCUT2D eigenvalue weighted by molar-refractivity contribution is 1.18. The fraction of sp³-hybridized carbons (Fsp3) is 0. The van der Waals surface area contributed by atoms with Crippen molar-refractivity contribution < 1.29 is 0 Å². The lowest BCUT2D eigenvalue weighted by Gasteiger charge is -2.26. The van der Waals surface area contributed by atoms with Crippen molar-refractivity contribution in [2.75, 3.05) is 0 Å². The zero-order valence-corrected chi connectivity index (χ0v) is 33.7. The fourth-order valence-corrected chi connectivity index (χ4v) is 13.3. The highest BCUT2D eigenvalue weighted by atomic mass is 32.4. The van der Waals surface area contributed by atoms with E-state index in [1.165, 1.54) is 65.4 Å². The van der Waals surface area contributed by atoms with Gasteiger partial charge in [0.2, 0.25) is 0 Å². The van der Waals surface area contributed by atoms with E-state index >= 15 is 0 Å². The molecule has 0 aliphatic carbocycles. The summed E-state index contributed by atoms with van der Waals surface area (Å²) >= 11 is 7.33. The third-order valence-corrected chi connectivity index (χ3v) is 17.0. The Labute approximate surface area is 346 Å². The Bertz CT molecular complexity index is 3140.